The predicted octanol–water partition coefficient (Wildman–Crippen LogP) is 1.17. The third kappa shape index (κ3) is 2.34. The van der Waals surface area contributed by atoms with Crippen molar-refractivity contribution in [3.8, 4) is 0 Å². The Morgan fingerprint density at radius 2 is 1.91 bits per heavy atom. The molecule has 2 aliphatic carbocycles. The Hall–Kier alpha value is -1.75. The Balaban J connectivity index is 1.80. The molecule has 5 fully saturated rings. The van der Waals surface area contributed by atoms with E-state index in [0.29, 0.717) is 12.8 Å². The number of aliphatic hydroxyl groups excluding tert-OH is 1. The van der Waals surface area contributed by atoms with E-state index in [2.05, 4.69) is 0 Å². The molecule has 1 N–H and O–H groups in total. The second-order valence-corrected chi connectivity index (χ2v) is 11.5. The van der Waals surface area contributed by atoms with E-state index in [1.165, 1.54) is 21.1 Å². The van der Waals surface area contributed by atoms with Gasteiger partial charge in [-0.2, -0.15) is 0 Å². The Labute approximate surface area is 198 Å². The molecule has 3 saturated heterocycles. The second kappa shape index (κ2) is 7.15. The van der Waals surface area contributed by atoms with Crippen LogP contribution in [0.2, 0.25) is 0 Å². The number of esters is 3. The van der Waals surface area contributed by atoms with Crippen LogP contribution < -0.4 is 0 Å². The molecule has 6 unspecified atom stereocenters. The molecule has 2 spiro atoms. The minimum absolute atomic E-state index is 0.442. The highest BCUT2D eigenvalue weighted by atomic mass is 16.8. The van der Waals surface area contributed by atoms with E-state index in [-0.39, 0.29) is 0 Å². The number of hydrogen-bond donors (Lipinski definition) is 1. The molecule has 10 heteroatoms. The van der Waals surface area contributed by atoms with Crippen LogP contribution in [0.5, 0.6) is 0 Å². The number of ether oxygens (including phenoxy) is 6. The van der Waals surface area contributed by atoms with Gasteiger partial charge in [0.15, 0.2) is 18.2 Å². The Morgan fingerprint density at radius 1 is 1.24 bits per heavy atom. The summed E-state index contributed by atoms with van der Waals surface area (Å²) in [5.41, 5.74) is -4.11. The van der Waals surface area contributed by atoms with Gasteiger partial charge >= 0.3 is 17.9 Å². The molecule has 3 aliphatic heterocycles. The van der Waals surface area contributed by atoms with Crippen LogP contribution in [0.25, 0.3) is 0 Å². The summed E-state index contributed by atoms with van der Waals surface area (Å²) in [6.45, 7) is 9.09. The van der Waals surface area contributed by atoms with E-state index < -0.39 is 88.4 Å². The summed E-state index contributed by atoms with van der Waals surface area (Å²) in [5, 5.41) is 10.9. The summed E-state index contributed by atoms with van der Waals surface area (Å²) < 4.78 is 35.4. The molecule has 0 radical (unpaired) electrons. The molecule has 0 aromatic carbocycles. The summed E-state index contributed by atoms with van der Waals surface area (Å²) >= 11 is 0. The van der Waals surface area contributed by atoms with Crippen LogP contribution in [-0.4, -0.2) is 73.7 Å². The maximum absolute atomic E-state index is 13.8. The maximum Gasteiger partial charge on any atom is 0.340 e. The van der Waals surface area contributed by atoms with Crippen molar-refractivity contribution < 1.29 is 47.9 Å². The van der Waals surface area contributed by atoms with E-state index in [1.807, 2.05) is 20.8 Å². The highest BCUT2D eigenvalue weighted by molar-refractivity contribution is 5.88. The standard InChI is InChI=1S/C24H34O10/c1-10(17(26)30-7)12-8-9-22-15-13(31-11(2)25)14(21(3,4)5)23(22)16(29-6)18(27)33-20(23)34-24(12,22)19(28)32-15/h10,12-16,18,20,27H,8-9H2,1-7H3/t10?,12-,13-,14+,15?,16+,18-,20?,22?,23?,24?/m1/s1. The molecule has 2 saturated carbocycles. The molecular formula is C24H34O10. The SMILES string of the molecule is COC(=O)C(C)[C@H]1CCC23C4OC(=O)C12OC1O[C@@H](O)[C@H](OC)C13[C@H](C(C)(C)C)[C@H]4OC(C)=O. The van der Waals surface area contributed by atoms with Gasteiger partial charge in [0.2, 0.25) is 0 Å². The molecule has 3 heterocycles. The first-order valence-electron chi connectivity index (χ1n) is 11.9. The van der Waals surface area contributed by atoms with Gasteiger partial charge in [0.1, 0.15) is 18.3 Å². The molecule has 11 atom stereocenters. The van der Waals surface area contributed by atoms with Crippen LogP contribution in [0.15, 0.2) is 0 Å². The largest absolute Gasteiger partial charge is 0.469 e. The van der Waals surface area contributed by atoms with Crippen LogP contribution in [0.4, 0.5) is 0 Å². The Morgan fingerprint density at radius 3 is 2.47 bits per heavy atom. The predicted molar refractivity (Wildman–Crippen MR) is 113 cm³/mol. The van der Waals surface area contributed by atoms with Crippen molar-refractivity contribution in [3.63, 3.8) is 0 Å². The molecule has 0 amide bonds. The summed E-state index contributed by atoms with van der Waals surface area (Å²) in [6, 6.07) is 0. The normalized spacial score (nSPS) is 49.3. The van der Waals surface area contributed by atoms with Gasteiger partial charge in [0.05, 0.1) is 23.9 Å². The third-order valence-corrected chi connectivity index (χ3v) is 9.31. The van der Waals surface area contributed by atoms with Gasteiger partial charge in [0, 0.05) is 25.9 Å². The van der Waals surface area contributed by atoms with Gasteiger partial charge in [-0.3, -0.25) is 9.59 Å². The van der Waals surface area contributed by atoms with Gasteiger partial charge in [-0.15, -0.1) is 0 Å². The average molecular weight is 483 g/mol. The molecule has 0 aromatic heterocycles. The van der Waals surface area contributed by atoms with Crippen LogP contribution in [0.3, 0.4) is 0 Å². The van der Waals surface area contributed by atoms with Gasteiger partial charge in [-0.1, -0.05) is 27.7 Å². The summed E-state index contributed by atoms with van der Waals surface area (Å²) in [7, 11) is 2.80. The number of aliphatic hydroxyl groups is 1. The van der Waals surface area contributed by atoms with Crippen molar-refractivity contribution in [1.29, 1.82) is 0 Å². The van der Waals surface area contributed by atoms with Crippen molar-refractivity contribution in [1.82, 2.24) is 0 Å². The van der Waals surface area contributed by atoms with Crippen molar-refractivity contribution in [3.05, 3.63) is 0 Å². The van der Waals surface area contributed by atoms with Gasteiger partial charge in [-0.05, 0) is 18.3 Å². The molecule has 0 bridgehead atoms. The smallest absolute Gasteiger partial charge is 0.340 e. The number of methoxy groups -OCH3 is 2. The quantitative estimate of drug-likeness (QED) is 0.461. The van der Waals surface area contributed by atoms with Crippen LogP contribution in [-0.2, 0) is 42.8 Å². The number of rotatable bonds is 4. The Kier molecular flexibility index (Phi) is 5.04. The topological polar surface area (TPSA) is 127 Å². The first-order valence-corrected chi connectivity index (χ1v) is 11.9. The summed E-state index contributed by atoms with van der Waals surface area (Å²) in [6.07, 6.45) is -3.88. The zero-order valence-electron chi connectivity index (χ0n) is 20.7. The van der Waals surface area contributed by atoms with Crippen molar-refractivity contribution >= 4 is 17.9 Å². The molecule has 5 aliphatic rings. The first-order chi connectivity index (χ1) is 15.9. The molecule has 0 aromatic rings. The van der Waals surface area contributed by atoms with E-state index in [4.69, 9.17) is 28.4 Å². The number of carbonyl (C=O) groups is 3. The zero-order valence-corrected chi connectivity index (χ0v) is 20.7. The molecule has 190 valence electrons. The van der Waals surface area contributed by atoms with Crippen molar-refractivity contribution in [2.75, 3.05) is 14.2 Å². The minimum Gasteiger partial charge on any atom is -0.469 e. The highest BCUT2D eigenvalue weighted by Gasteiger charge is 2.97. The van der Waals surface area contributed by atoms with Crippen molar-refractivity contribution in [2.45, 2.75) is 84.0 Å². The van der Waals surface area contributed by atoms with Crippen molar-refractivity contribution in [2.24, 2.45) is 34.0 Å². The molecule has 5 rings (SSSR count). The van der Waals surface area contributed by atoms with Crippen LogP contribution in [0.1, 0.15) is 47.5 Å². The Bertz CT molecular complexity index is 927. The number of carbonyl (C=O) groups excluding carboxylic acids is 3. The average Bonchev–Trinajstić information content (AvgIpc) is 3.41. The summed E-state index contributed by atoms with van der Waals surface area (Å²) in [4.78, 5) is 38.6. The van der Waals surface area contributed by atoms with E-state index in [9.17, 15) is 19.5 Å². The lowest BCUT2D eigenvalue weighted by molar-refractivity contribution is -0.238. The van der Waals surface area contributed by atoms with Gasteiger partial charge in [0.25, 0.3) is 0 Å². The summed E-state index contributed by atoms with van der Waals surface area (Å²) in [5.74, 6) is -3.18. The zero-order chi connectivity index (χ0) is 25.0. The van der Waals surface area contributed by atoms with Gasteiger partial charge < -0.3 is 33.5 Å². The van der Waals surface area contributed by atoms with E-state index >= 15 is 0 Å². The maximum atomic E-state index is 13.8. The molecule has 34 heavy (non-hydrogen) atoms. The minimum atomic E-state index is -1.52. The lowest BCUT2D eigenvalue weighted by atomic mass is 9.51. The lowest BCUT2D eigenvalue weighted by Crippen LogP contribution is -2.60. The third-order valence-electron chi connectivity index (χ3n) is 9.31. The fourth-order valence-electron chi connectivity index (χ4n) is 8.75. The van der Waals surface area contributed by atoms with Crippen LogP contribution in [0, 0.1) is 34.0 Å². The molecule has 10 nitrogen and oxygen atoms in total. The fraction of sp³-hybridized carbons (Fsp3) is 0.875. The second-order valence-electron chi connectivity index (χ2n) is 11.5. The molecular weight excluding hydrogens is 448 g/mol. The fourth-order valence-corrected chi connectivity index (χ4v) is 8.75. The van der Waals surface area contributed by atoms with Crippen LogP contribution >= 0.6 is 0 Å². The lowest BCUT2D eigenvalue weighted by Gasteiger charge is -2.48. The van der Waals surface area contributed by atoms with E-state index in [1.54, 1.807) is 6.92 Å². The monoisotopic (exact) mass is 482 g/mol. The van der Waals surface area contributed by atoms with E-state index in [0.717, 1.165) is 0 Å². The highest BCUT2D eigenvalue weighted by Crippen LogP contribution is 2.84. The number of hydrogen-bond acceptors (Lipinski definition) is 10. The first kappa shape index (κ1) is 24.0. The van der Waals surface area contributed by atoms with Gasteiger partial charge in [-0.25, -0.2) is 4.79 Å².